The maximum atomic E-state index is 12.7. The lowest BCUT2D eigenvalue weighted by molar-refractivity contribution is -0.125. The summed E-state index contributed by atoms with van der Waals surface area (Å²) in [7, 11) is -4.82. The number of hydrogen-bond acceptors (Lipinski definition) is 9. The third kappa shape index (κ3) is 23.0. The molecule has 1 amide bonds. The molecular weight excluding hydrogens is 607 g/mol. The summed E-state index contributed by atoms with van der Waals surface area (Å²) in [6.45, 7) is 3.92. The fourth-order valence-corrected chi connectivity index (χ4v) is 4.76. The van der Waals surface area contributed by atoms with Crippen molar-refractivity contribution < 1.29 is 47.7 Å². The van der Waals surface area contributed by atoms with Gasteiger partial charge in [0.1, 0.15) is 0 Å². The topological polar surface area (TPSA) is 202 Å². The third-order valence-electron chi connectivity index (χ3n) is 6.94. The zero-order chi connectivity index (χ0) is 33.1. The minimum absolute atomic E-state index is 0.0202. The average Bonchev–Trinajstić information content (AvgIpc) is 3.02. The number of rotatable bonds is 30. The maximum Gasteiger partial charge on any atom is 0.469 e. The van der Waals surface area contributed by atoms with Gasteiger partial charge in [-0.1, -0.05) is 68.4 Å². The Morgan fingerprint density at radius 3 is 1.96 bits per heavy atom. The highest BCUT2D eigenvalue weighted by Crippen LogP contribution is 2.37. The molecule has 15 heteroatoms. The Hall–Kier alpha value is -2.09. The number of unbranched alkanes of at least 4 members (excludes halogenated alkanes) is 5. The molecule has 0 aromatic heterocycles. The number of nitrogens with zero attached hydrogens (tertiary/aromatic N) is 3. The number of aryl methyl sites for hydroxylation is 2. The molecule has 0 aliphatic heterocycles. The molecule has 1 aromatic rings. The number of azide groups is 1. The third-order valence-corrected chi connectivity index (χ3v) is 7.40. The Morgan fingerprint density at radius 2 is 1.40 bits per heavy atom. The number of benzene rings is 1. The normalized spacial score (nSPS) is 12.9. The van der Waals surface area contributed by atoms with Crippen LogP contribution >= 0.6 is 7.82 Å². The first kappa shape index (κ1) is 40.9. The van der Waals surface area contributed by atoms with Crippen LogP contribution < -0.4 is 5.32 Å². The van der Waals surface area contributed by atoms with E-state index in [1.54, 1.807) is 0 Å². The van der Waals surface area contributed by atoms with Crippen molar-refractivity contribution in [2.75, 3.05) is 72.6 Å². The molecule has 0 saturated carbocycles. The number of aliphatic hydroxyl groups excluding tert-OH is 1. The molecule has 0 radical (unpaired) electrons. The lowest BCUT2D eigenvalue weighted by Crippen LogP contribution is -2.55. The van der Waals surface area contributed by atoms with Gasteiger partial charge in [-0.15, -0.1) is 0 Å². The fraction of sp³-hybridized carbons (Fsp3) is 0.767. The van der Waals surface area contributed by atoms with Crippen molar-refractivity contribution in [3.63, 3.8) is 0 Å². The van der Waals surface area contributed by atoms with Crippen molar-refractivity contribution in [1.82, 2.24) is 5.32 Å². The van der Waals surface area contributed by atoms with Crippen LogP contribution in [0.5, 0.6) is 0 Å². The van der Waals surface area contributed by atoms with Crippen LogP contribution in [-0.2, 0) is 45.7 Å². The molecule has 258 valence electrons. The maximum absolute atomic E-state index is 12.7. The van der Waals surface area contributed by atoms with Crippen molar-refractivity contribution in [3.8, 4) is 0 Å². The van der Waals surface area contributed by atoms with Crippen LogP contribution in [0.2, 0.25) is 0 Å². The predicted molar refractivity (Wildman–Crippen MR) is 170 cm³/mol. The summed E-state index contributed by atoms with van der Waals surface area (Å²) in [4.78, 5) is 33.8. The lowest BCUT2D eigenvalue weighted by atomic mass is 9.92. The summed E-state index contributed by atoms with van der Waals surface area (Å²) < 4.78 is 37.5. The van der Waals surface area contributed by atoms with Gasteiger partial charge in [0.2, 0.25) is 5.91 Å². The largest absolute Gasteiger partial charge is 0.469 e. The number of phosphoric acid groups is 1. The smallest absolute Gasteiger partial charge is 0.394 e. The van der Waals surface area contributed by atoms with E-state index in [0.717, 1.165) is 18.4 Å². The van der Waals surface area contributed by atoms with Crippen LogP contribution in [0, 0.1) is 0 Å². The van der Waals surface area contributed by atoms with Crippen molar-refractivity contribution in [2.45, 2.75) is 76.7 Å². The molecule has 14 nitrogen and oxygen atoms in total. The molecule has 0 saturated heterocycles. The first-order valence-corrected chi connectivity index (χ1v) is 17.3. The Labute approximate surface area is 267 Å². The Morgan fingerprint density at radius 1 is 0.867 bits per heavy atom. The molecule has 45 heavy (non-hydrogen) atoms. The van der Waals surface area contributed by atoms with Crippen LogP contribution in [0.3, 0.4) is 0 Å². The van der Waals surface area contributed by atoms with E-state index in [0.29, 0.717) is 46.1 Å². The summed E-state index contributed by atoms with van der Waals surface area (Å²) in [6.07, 6.45) is 9.10. The molecule has 1 aromatic carbocycles. The number of amides is 1. The van der Waals surface area contributed by atoms with Crippen LogP contribution in [0.1, 0.15) is 69.4 Å². The van der Waals surface area contributed by atoms with Crippen LogP contribution in [0.4, 0.5) is 0 Å². The van der Waals surface area contributed by atoms with Gasteiger partial charge in [0.25, 0.3) is 0 Å². The van der Waals surface area contributed by atoms with E-state index < -0.39 is 32.5 Å². The number of hydrogen-bond donors (Lipinski definition) is 4. The van der Waals surface area contributed by atoms with E-state index >= 15 is 0 Å². The number of phosphoric ester groups is 1. The number of aliphatic hydroxyl groups is 1. The molecule has 1 rings (SSSR count). The molecule has 0 fully saturated rings. The Bertz CT molecular complexity index is 991. The summed E-state index contributed by atoms with van der Waals surface area (Å²) >= 11 is 0. The van der Waals surface area contributed by atoms with Gasteiger partial charge in [0, 0.05) is 17.9 Å². The van der Waals surface area contributed by atoms with Crippen molar-refractivity contribution >= 4 is 13.7 Å². The molecule has 0 heterocycles. The molecule has 0 bridgehead atoms. The van der Waals surface area contributed by atoms with Crippen molar-refractivity contribution in [3.05, 3.63) is 45.8 Å². The minimum Gasteiger partial charge on any atom is -0.394 e. The van der Waals surface area contributed by atoms with E-state index in [1.165, 1.54) is 37.7 Å². The van der Waals surface area contributed by atoms with Gasteiger partial charge in [-0.05, 0) is 42.3 Å². The van der Waals surface area contributed by atoms with Gasteiger partial charge in [0.15, 0.2) is 0 Å². The number of carbonyl (C=O) groups is 1. The second kappa shape index (κ2) is 26.0. The van der Waals surface area contributed by atoms with Gasteiger partial charge in [-0.2, -0.15) is 0 Å². The quantitative estimate of drug-likeness (QED) is 0.0304. The van der Waals surface area contributed by atoms with Gasteiger partial charge < -0.3 is 39.2 Å². The molecular formula is C30H53N4O10P. The molecule has 1 unspecified atom stereocenters. The number of carbonyl (C=O) groups excluding carboxylic acids is 1. The van der Waals surface area contributed by atoms with Gasteiger partial charge >= 0.3 is 7.82 Å². The fourth-order valence-electron chi connectivity index (χ4n) is 4.34. The van der Waals surface area contributed by atoms with Crippen LogP contribution in [0.25, 0.3) is 10.4 Å². The standard InChI is InChI=1S/C30H53N4O10P/c1-2-3-4-5-6-7-8-27-9-11-28(12-10-27)13-15-30(25-35,26-44-45(37,38)39)33-29(36)14-17-40-19-21-42-23-24-43-22-20-41-18-16-32-34-31/h9-12,35H,2-8,13-26H2,1H3,(H,33,36)(H2,37,38,39). The highest BCUT2D eigenvalue weighted by molar-refractivity contribution is 7.46. The lowest BCUT2D eigenvalue weighted by Gasteiger charge is -2.33. The van der Waals surface area contributed by atoms with E-state index in [2.05, 4.69) is 34.4 Å². The van der Waals surface area contributed by atoms with Gasteiger partial charge in [-0.25, -0.2) is 4.57 Å². The number of ether oxygens (including phenoxy) is 4. The summed E-state index contributed by atoms with van der Waals surface area (Å²) in [6, 6.07) is 8.17. The first-order valence-electron chi connectivity index (χ1n) is 15.7. The predicted octanol–water partition coefficient (Wildman–Crippen LogP) is 4.25. The second-order valence-corrected chi connectivity index (χ2v) is 12.0. The molecule has 0 spiro atoms. The van der Waals surface area contributed by atoms with E-state index in [9.17, 15) is 24.3 Å². The van der Waals surface area contributed by atoms with E-state index in [-0.39, 0.29) is 32.6 Å². The van der Waals surface area contributed by atoms with Crippen LogP contribution in [-0.4, -0.2) is 99.0 Å². The first-order chi connectivity index (χ1) is 21.7. The van der Waals surface area contributed by atoms with Gasteiger partial charge in [-0.3, -0.25) is 9.32 Å². The van der Waals surface area contributed by atoms with Gasteiger partial charge in [0.05, 0.1) is 71.6 Å². The molecule has 4 N–H and O–H groups in total. The minimum atomic E-state index is -4.82. The monoisotopic (exact) mass is 660 g/mol. The molecule has 0 aliphatic rings. The number of nitrogens with one attached hydrogen (secondary N) is 1. The SMILES string of the molecule is CCCCCCCCc1ccc(CCC(CO)(COP(=O)(O)O)NC(=O)CCOCCOCCOCCOCCN=[N+]=[N-])cc1. The molecule has 0 aliphatic carbocycles. The zero-order valence-electron chi connectivity index (χ0n) is 26.6. The molecule has 1 atom stereocenters. The van der Waals surface area contributed by atoms with Crippen molar-refractivity contribution in [1.29, 1.82) is 0 Å². The van der Waals surface area contributed by atoms with E-state index in [1.807, 2.05) is 12.1 Å². The Balaban J connectivity index is 2.38. The van der Waals surface area contributed by atoms with E-state index in [4.69, 9.17) is 29.0 Å². The van der Waals surface area contributed by atoms with Crippen LogP contribution in [0.15, 0.2) is 29.4 Å². The average molecular weight is 661 g/mol. The Kier molecular flexibility index (Phi) is 23.7. The summed E-state index contributed by atoms with van der Waals surface area (Å²) in [5.41, 5.74) is 9.02. The highest BCUT2D eigenvalue weighted by atomic mass is 31.2. The zero-order valence-corrected chi connectivity index (χ0v) is 27.5. The summed E-state index contributed by atoms with van der Waals surface area (Å²) in [5.74, 6) is -0.441. The summed E-state index contributed by atoms with van der Waals surface area (Å²) in [5, 5.41) is 16.3. The van der Waals surface area contributed by atoms with Crippen molar-refractivity contribution in [2.24, 2.45) is 5.11 Å². The second-order valence-electron chi connectivity index (χ2n) is 10.7. The highest BCUT2D eigenvalue weighted by Gasteiger charge is 2.34.